The number of aliphatic hydroxyl groups excluding tert-OH is 3. The van der Waals surface area contributed by atoms with Gasteiger partial charge in [0.15, 0.2) is 0 Å². The largest absolute Gasteiger partial charge is 0.512 e. The molecule has 0 radical (unpaired) electrons. The number of nitrogens with one attached hydrogen (secondary N) is 1. The molecule has 1 amide bonds. The van der Waals surface area contributed by atoms with Gasteiger partial charge >= 0.3 is 12.1 Å². The smallest absolute Gasteiger partial charge is 0.407 e. The summed E-state index contributed by atoms with van der Waals surface area (Å²) < 4.78 is 10.3. The third-order valence-electron chi connectivity index (χ3n) is 4.71. The fourth-order valence-corrected chi connectivity index (χ4v) is 3.38. The van der Waals surface area contributed by atoms with Gasteiger partial charge in [0.25, 0.3) is 0 Å². The molecular weight excluding hydrogens is 342 g/mol. The van der Waals surface area contributed by atoms with E-state index in [1.165, 1.54) is 0 Å². The van der Waals surface area contributed by atoms with Crippen molar-refractivity contribution in [3.8, 4) is 0 Å². The van der Waals surface area contributed by atoms with Crippen LogP contribution in [0.2, 0.25) is 0 Å². The van der Waals surface area contributed by atoms with Gasteiger partial charge in [-0.25, -0.2) is 9.59 Å². The molecule has 1 aromatic rings. The zero-order chi connectivity index (χ0) is 18.8. The van der Waals surface area contributed by atoms with Crippen LogP contribution in [0.5, 0.6) is 0 Å². The molecule has 0 aromatic heterocycles. The highest BCUT2D eigenvalue weighted by Gasteiger charge is 2.51. The molecule has 1 aliphatic carbocycles. The number of hydrogen-bond acceptors (Lipinski definition) is 7. The molecule has 2 aliphatic rings. The van der Waals surface area contributed by atoms with E-state index in [1.807, 2.05) is 18.2 Å². The molecule has 0 bridgehead atoms. The van der Waals surface area contributed by atoms with Gasteiger partial charge in [-0.05, 0) is 12.5 Å². The molecule has 1 fully saturated rings. The van der Waals surface area contributed by atoms with Crippen molar-refractivity contribution in [3.05, 3.63) is 47.2 Å². The average molecular weight is 363 g/mol. The lowest BCUT2D eigenvalue weighted by Gasteiger charge is -2.43. The quantitative estimate of drug-likeness (QED) is 0.585. The molecule has 8 heteroatoms. The Morgan fingerprint density at radius 1 is 1.31 bits per heavy atom. The number of carbonyl (C=O) groups is 2. The molecule has 3 rings (SSSR count). The summed E-state index contributed by atoms with van der Waals surface area (Å²) in [6.07, 6.45) is -4.34. The zero-order valence-corrected chi connectivity index (χ0v) is 14.2. The van der Waals surface area contributed by atoms with E-state index in [0.29, 0.717) is 0 Å². The maximum absolute atomic E-state index is 12.2. The Bertz CT molecular complexity index is 718. The Kier molecular flexibility index (Phi) is 5.15. The van der Waals surface area contributed by atoms with Crippen LogP contribution in [0.15, 0.2) is 41.7 Å². The first-order valence-corrected chi connectivity index (χ1v) is 8.34. The highest BCUT2D eigenvalue weighted by atomic mass is 16.6. The Balaban J connectivity index is 1.74. The van der Waals surface area contributed by atoms with Crippen LogP contribution in [0.3, 0.4) is 0 Å². The standard InChI is InChI=1S/C18H21NO7/c1-9-15(19-18(24)25-8-10-5-3-2-4-6-10)14-13(17(23)26-9)11(20)7-12(21)16(14)22/h2-6,9,12,14-16,20-22H,7-8H2,1H3,(H,19,24)/t9-,12-,14-,15+,16+/m1/s1. The summed E-state index contributed by atoms with van der Waals surface area (Å²) in [7, 11) is 0. The van der Waals surface area contributed by atoms with Crippen LogP contribution in [0.25, 0.3) is 0 Å². The number of alkyl carbamates (subject to hydrolysis) is 1. The second-order valence-electron chi connectivity index (χ2n) is 6.49. The van der Waals surface area contributed by atoms with Gasteiger partial charge in [-0.3, -0.25) is 0 Å². The van der Waals surface area contributed by atoms with Crippen LogP contribution in [0.4, 0.5) is 4.79 Å². The topological polar surface area (TPSA) is 125 Å². The maximum atomic E-state index is 12.2. The molecule has 1 saturated heterocycles. The molecule has 5 atom stereocenters. The molecule has 1 heterocycles. The van der Waals surface area contributed by atoms with Crippen molar-refractivity contribution in [2.75, 3.05) is 0 Å². The number of fused-ring (bicyclic) bond motifs is 1. The molecule has 1 aliphatic heterocycles. The van der Waals surface area contributed by atoms with Crippen molar-refractivity contribution in [1.82, 2.24) is 5.32 Å². The van der Waals surface area contributed by atoms with E-state index in [4.69, 9.17) is 9.47 Å². The van der Waals surface area contributed by atoms with Gasteiger partial charge in [-0.15, -0.1) is 0 Å². The first kappa shape index (κ1) is 18.2. The summed E-state index contributed by atoms with van der Waals surface area (Å²) in [5.41, 5.74) is 0.686. The number of esters is 1. The second kappa shape index (κ2) is 7.35. The van der Waals surface area contributed by atoms with Gasteiger partial charge < -0.3 is 30.1 Å². The third kappa shape index (κ3) is 3.51. The molecule has 0 unspecified atom stereocenters. The summed E-state index contributed by atoms with van der Waals surface area (Å²) in [5, 5.41) is 32.8. The summed E-state index contributed by atoms with van der Waals surface area (Å²) in [6.45, 7) is 1.61. The normalized spacial score (nSPS) is 31.0. The first-order valence-electron chi connectivity index (χ1n) is 8.34. The molecular formula is C18H21NO7. The van der Waals surface area contributed by atoms with Crippen molar-refractivity contribution < 1.29 is 34.4 Å². The third-order valence-corrected chi connectivity index (χ3v) is 4.71. The van der Waals surface area contributed by atoms with Crippen LogP contribution in [0.1, 0.15) is 18.9 Å². The molecule has 0 saturated carbocycles. The molecule has 140 valence electrons. The van der Waals surface area contributed by atoms with Gasteiger partial charge in [0.2, 0.25) is 0 Å². The van der Waals surface area contributed by atoms with Crippen LogP contribution in [-0.2, 0) is 20.9 Å². The van der Waals surface area contributed by atoms with E-state index in [0.717, 1.165) is 5.56 Å². The van der Waals surface area contributed by atoms with Crippen LogP contribution in [0, 0.1) is 5.92 Å². The van der Waals surface area contributed by atoms with Gasteiger partial charge in [0, 0.05) is 12.3 Å². The lowest BCUT2D eigenvalue weighted by molar-refractivity contribution is -0.157. The number of carbonyl (C=O) groups excluding carboxylic acids is 2. The Morgan fingerprint density at radius 2 is 2.00 bits per heavy atom. The lowest BCUT2D eigenvalue weighted by Crippen LogP contribution is -2.60. The fourth-order valence-electron chi connectivity index (χ4n) is 3.38. The van der Waals surface area contributed by atoms with Gasteiger partial charge in [0.05, 0.1) is 23.8 Å². The van der Waals surface area contributed by atoms with E-state index >= 15 is 0 Å². The Labute approximate surface area is 150 Å². The first-order chi connectivity index (χ1) is 12.4. The minimum absolute atomic E-state index is 0.0529. The Morgan fingerprint density at radius 3 is 2.69 bits per heavy atom. The number of hydrogen-bond donors (Lipinski definition) is 4. The van der Waals surface area contributed by atoms with Crippen molar-refractivity contribution in [2.24, 2.45) is 5.92 Å². The predicted molar refractivity (Wildman–Crippen MR) is 88.9 cm³/mol. The fraction of sp³-hybridized carbons (Fsp3) is 0.444. The van der Waals surface area contributed by atoms with E-state index < -0.39 is 42.3 Å². The SMILES string of the molecule is C[C@H]1OC(=O)C2=C(O)C[C@@H](O)[C@H](O)[C@H]2[C@H]1NC(=O)OCc1ccccc1. The lowest BCUT2D eigenvalue weighted by atomic mass is 9.74. The zero-order valence-electron chi connectivity index (χ0n) is 14.2. The monoisotopic (exact) mass is 363 g/mol. The van der Waals surface area contributed by atoms with Crippen LogP contribution >= 0.6 is 0 Å². The van der Waals surface area contributed by atoms with Gasteiger partial charge in [-0.2, -0.15) is 0 Å². The van der Waals surface area contributed by atoms with Crippen molar-refractivity contribution in [2.45, 2.75) is 44.3 Å². The number of benzene rings is 1. The van der Waals surface area contributed by atoms with Gasteiger partial charge in [0.1, 0.15) is 18.5 Å². The maximum Gasteiger partial charge on any atom is 0.407 e. The van der Waals surface area contributed by atoms with Crippen LogP contribution < -0.4 is 5.32 Å². The van der Waals surface area contributed by atoms with Gasteiger partial charge in [-0.1, -0.05) is 30.3 Å². The highest BCUT2D eigenvalue weighted by molar-refractivity contribution is 5.91. The van der Waals surface area contributed by atoms with E-state index in [1.54, 1.807) is 19.1 Å². The van der Waals surface area contributed by atoms with E-state index in [-0.39, 0.29) is 24.4 Å². The second-order valence-corrected chi connectivity index (χ2v) is 6.49. The summed E-state index contributed by atoms with van der Waals surface area (Å²) in [5.74, 6) is -2.09. The Hall–Kier alpha value is -2.58. The van der Waals surface area contributed by atoms with E-state index in [9.17, 15) is 24.9 Å². The number of rotatable bonds is 3. The van der Waals surface area contributed by atoms with Crippen molar-refractivity contribution >= 4 is 12.1 Å². The summed E-state index contributed by atoms with van der Waals surface area (Å²) in [4.78, 5) is 24.2. The predicted octanol–water partition coefficient (Wildman–Crippen LogP) is 0.780. The molecule has 0 spiro atoms. The molecule has 1 aromatic carbocycles. The number of cyclic esters (lactones) is 1. The average Bonchev–Trinajstić information content (AvgIpc) is 2.61. The highest BCUT2D eigenvalue weighted by Crippen LogP contribution is 2.37. The molecule has 4 N–H and O–H groups in total. The summed E-state index contributed by atoms with van der Waals surface area (Å²) in [6, 6.07) is 8.24. The number of ether oxygens (including phenoxy) is 2. The minimum atomic E-state index is -1.32. The van der Waals surface area contributed by atoms with Crippen molar-refractivity contribution in [1.29, 1.82) is 0 Å². The van der Waals surface area contributed by atoms with Crippen molar-refractivity contribution in [3.63, 3.8) is 0 Å². The number of amides is 1. The van der Waals surface area contributed by atoms with Crippen LogP contribution in [-0.4, -0.2) is 51.7 Å². The van der Waals surface area contributed by atoms with E-state index in [2.05, 4.69) is 5.32 Å². The molecule has 26 heavy (non-hydrogen) atoms. The molecule has 8 nitrogen and oxygen atoms in total. The number of aliphatic hydroxyl groups is 3. The minimum Gasteiger partial charge on any atom is -0.512 e. The summed E-state index contributed by atoms with van der Waals surface area (Å²) >= 11 is 0.